The molecule has 0 amide bonds. The van der Waals surface area contributed by atoms with Crippen molar-refractivity contribution in [3.05, 3.63) is 36.7 Å². The van der Waals surface area contributed by atoms with Crippen LogP contribution in [-0.2, 0) is 9.53 Å². The van der Waals surface area contributed by atoms with E-state index in [1.165, 1.54) is 0 Å². The molecule has 1 aliphatic carbocycles. The maximum absolute atomic E-state index is 11.8. The lowest BCUT2D eigenvalue weighted by molar-refractivity contribution is -0.120. The van der Waals surface area contributed by atoms with Gasteiger partial charge in [0.2, 0.25) is 0 Å². The summed E-state index contributed by atoms with van der Waals surface area (Å²) in [6.45, 7) is 2.97. The molecule has 8 heteroatoms. The number of nitrogens with zero attached hydrogens (tertiary/aromatic N) is 5. The van der Waals surface area contributed by atoms with E-state index in [1.54, 1.807) is 0 Å². The van der Waals surface area contributed by atoms with Crippen molar-refractivity contribution in [1.29, 1.82) is 0 Å². The van der Waals surface area contributed by atoms with Crippen molar-refractivity contribution < 1.29 is 9.53 Å². The number of fused-ring (bicyclic) bond motifs is 2. The van der Waals surface area contributed by atoms with Crippen molar-refractivity contribution in [3.8, 4) is 11.4 Å². The fourth-order valence-corrected chi connectivity index (χ4v) is 4.68. The summed E-state index contributed by atoms with van der Waals surface area (Å²) in [5.74, 6) is 1.96. The molecule has 1 aromatic carbocycles. The van der Waals surface area contributed by atoms with Crippen LogP contribution < -0.4 is 4.90 Å². The van der Waals surface area contributed by atoms with Gasteiger partial charge < -0.3 is 14.6 Å². The summed E-state index contributed by atoms with van der Waals surface area (Å²) < 4.78 is 7.58. The van der Waals surface area contributed by atoms with Crippen LogP contribution in [0.15, 0.2) is 36.7 Å². The monoisotopic (exact) mass is 416 g/mol. The number of hydrogen-bond acceptors (Lipinski definition) is 6. The first kappa shape index (κ1) is 18.5. The summed E-state index contributed by atoms with van der Waals surface area (Å²) >= 11 is 0. The van der Waals surface area contributed by atoms with Crippen LogP contribution in [0.25, 0.3) is 33.3 Å². The molecule has 0 radical (unpaired) electrons. The van der Waals surface area contributed by atoms with Gasteiger partial charge >= 0.3 is 0 Å². The first-order valence-corrected chi connectivity index (χ1v) is 10.9. The number of nitrogens with one attached hydrogen (secondary N) is 1. The topological polar surface area (TPSA) is 88.9 Å². The number of anilines is 1. The summed E-state index contributed by atoms with van der Waals surface area (Å²) in [5.41, 5.74) is 2.92. The van der Waals surface area contributed by atoms with Crippen LogP contribution in [0.2, 0.25) is 0 Å². The Morgan fingerprint density at radius 1 is 1.06 bits per heavy atom. The summed E-state index contributed by atoms with van der Waals surface area (Å²) in [5, 5.41) is 6.81. The molecule has 1 aliphatic heterocycles. The first-order chi connectivity index (χ1) is 15.3. The van der Waals surface area contributed by atoms with Crippen molar-refractivity contribution in [3.63, 3.8) is 0 Å². The van der Waals surface area contributed by atoms with Crippen LogP contribution >= 0.6 is 0 Å². The molecule has 0 bridgehead atoms. The molecule has 2 aliphatic rings. The Morgan fingerprint density at radius 2 is 1.90 bits per heavy atom. The third-order valence-corrected chi connectivity index (χ3v) is 6.41. The number of H-pyrrole nitrogens is 1. The Kier molecular flexibility index (Phi) is 4.45. The number of rotatable bonds is 3. The minimum absolute atomic E-state index is 0.197. The minimum atomic E-state index is 0.197. The number of carbonyl (C=O) groups is 1. The predicted molar refractivity (Wildman–Crippen MR) is 118 cm³/mol. The number of Topliss-reactive ketones (excluding diaryl/α,β-unsaturated/α-hetero) is 1. The third kappa shape index (κ3) is 3.27. The Balaban J connectivity index is 1.50. The van der Waals surface area contributed by atoms with Crippen molar-refractivity contribution in [1.82, 2.24) is 24.7 Å². The van der Waals surface area contributed by atoms with Gasteiger partial charge in [-0.2, -0.15) is 5.10 Å². The molecule has 3 aromatic heterocycles. The van der Waals surface area contributed by atoms with E-state index in [4.69, 9.17) is 19.8 Å². The molecule has 4 heterocycles. The van der Waals surface area contributed by atoms with E-state index in [-0.39, 0.29) is 6.04 Å². The summed E-state index contributed by atoms with van der Waals surface area (Å²) in [6, 6.07) is 8.50. The zero-order valence-electron chi connectivity index (χ0n) is 17.3. The van der Waals surface area contributed by atoms with Crippen molar-refractivity contribution in [2.45, 2.75) is 31.7 Å². The van der Waals surface area contributed by atoms with E-state index in [1.807, 2.05) is 17.1 Å². The van der Waals surface area contributed by atoms with Crippen LogP contribution in [0.1, 0.15) is 31.7 Å². The van der Waals surface area contributed by atoms with Gasteiger partial charge in [-0.15, -0.1) is 0 Å². The molecule has 31 heavy (non-hydrogen) atoms. The van der Waals surface area contributed by atoms with Gasteiger partial charge in [-0.1, -0.05) is 0 Å². The normalized spacial score (nSPS) is 18.3. The van der Waals surface area contributed by atoms with E-state index in [9.17, 15) is 4.79 Å². The first-order valence-electron chi connectivity index (χ1n) is 10.9. The van der Waals surface area contributed by atoms with Gasteiger partial charge in [-0.25, -0.2) is 14.6 Å². The number of ketones is 1. The predicted octanol–water partition coefficient (Wildman–Crippen LogP) is 3.50. The highest BCUT2D eigenvalue weighted by atomic mass is 16.5. The van der Waals surface area contributed by atoms with Gasteiger partial charge in [0.05, 0.1) is 30.8 Å². The second-order valence-electron chi connectivity index (χ2n) is 8.35. The maximum Gasteiger partial charge on any atom is 0.164 e. The second kappa shape index (κ2) is 7.46. The highest BCUT2D eigenvalue weighted by Gasteiger charge is 2.26. The number of carbonyl (C=O) groups excluding carboxylic acids is 1. The smallest absolute Gasteiger partial charge is 0.164 e. The molecule has 0 unspecified atom stereocenters. The molecular weight excluding hydrogens is 392 g/mol. The fourth-order valence-electron chi connectivity index (χ4n) is 4.68. The average molecular weight is 416 g/mol. The Morgan fingerprint density at radius 3 is 2.74 bits per heavy atom. The van der Waals surface area contributed by atoms with E-state index >= 15 is 0 Å². The number of aromatic nitrogens is 5. The van der Waals surface area contributed by atoms with Gasteiger partial charge in [0.15, 0.2) is 11.5 Å². The summed E-state index contributed by atoms with van der Waals surface area (Å²) in [6.07, 6.45) is 6.69. The molecular formula is C23H24N6O2. The highest BCUT2D eigenvalue weighted by molar-refractivity contribution is 5.90. The molecule has 1 saturated carbocycles. The SMILES string of the molecule is O=C1CCC(n2ncc3c(N4CCOCC4)nc(-c4ccc5[nH]ccc5c4)nc32)CC1. The van der Waals surface area contributed by atoms with Crippen molar-refractivity contribution >= 4 is 33.5 Å². The Labute approximate surface area is 179 Å². The van der Waals surface area contributed by atoms with Crippen LogP contribution in [0.4, 0.5) is 5.82 Å². The van der Waals surface area contributed by atoms with E-state index in [0.29, 0.717) is 37.7 Å². The van der Waals surface area contributed by atoms with Crippen LogP contribution in [0, 0.1) is 0 Å². The molecule has 158 valence electrons. The number of benzene rings is 1. The van der Waals surface area contributed by atoms with Gasteiger partial charge in [-0.3, -0.25) is 4.79 Å². The zero-order chi connectivity index (χ0) is 20.8. The quantitative estimate of drug-likeness (QED) is 0.550. The lowest BCUT2D eigenvalue weighted by atomic mass is 9.94. The van der Waals surface area contributed by atoms with Crippen LogP contribution in [0.3, 0.4) is 0 Å². The molecule has 1 N–H and O–H groups in total. The lowest BCUT2D eigenvalue weighted by Gasteiger charge is -2.28. The fraction of sp³-hybridized carbons (Fsp3) is 0.391. The van der Waals surface area contributed by atoms with E-state index in [2.05, 4.69) is 34.1 Å². The maximum atomic E-state index is 11.8. The van der Waals surface area contributed by atoms with E-state index < -0.39 is 0 Å². The molecule has 4 aromatic rings. The van der Waals surface area contributed by atoms with Gasteiger partial charge in [0.25, 0.3) is 0 Å². The highest BCUT2D eigenvalue weighted by Crippen LogP contribution is 2.33. The third-order valence-electron chi connectivity index (χ3n) is 6.41. The summed E-state index contributed by atoms with van der Waals surface area (Å²) in [7, 11) is 0. The van der Waals surface area contributed by atoms with Gasteiger partial charge in [0.1, 0.15) is 11.6 Å². The lowest BCUT2D eigenvalue weighted by Crippen LogP contribution is -2.37. The molecule has 2 fully saturated rings. The zero-order valence-corrected chi connectivity index (χ0v) is 17.3. The minimum Gasteiger partial charge on any atom is -0.378 e. The van der Waals surface area contributed by atoms with Crippen molar-refractivity contribution in [2.75, 3.05) is 31.2 Å². The standard InChI is InChI=1S/C23H24N6O2/c30-18-4-2-17(3-5-18)29-23-19(14-25-29)22(28-9-11-31-12-10-28)26-21(27-23)16-1-6-20-15(13-16)7-8-24-20/h1,6-8,13-14,17,24H,2-5,9-12H2. The largest absolute Gasteiger partial charge is 0.378 e. The van der Waals surface area contributed by atoms with Crippen LogP contribution in [0.5, 0.6) is 0 Å². The van der Waals surface area contributed by atoms with E-state index in [0.717, 1.165) is 59.2 Å². The second-order valence-corrected chi connectivity index (χ2v) is 8.35. The molecule has 1 saturated heterocycles. The van der Waals surface area contributed by atoms with Crippen molar-refractivity contribution in [2.24, 2.45) is 0 Å². The molecule has 8 nitrogen and oxygen atoms in total. The van der Waals surface area contributed by atoms with Gasteiger partial charge in [0, 0.05) is 48.6 Å². The molecule has 0 spiro atoms. The average Bonchev–Trinajstić information content (AvgIpc) is 3.46. The number of morpholine rings is 1. The molecule has 6 rings (SSSR count). The van der Waals surface area contributed by atoms with Gasteiger partial charge in [-0.05, 0) is 37.1 Å². The Bertz CT molecular complexity index is 1260. The summed E-state index contributed by atoms with van der Waals surface area (Å²) in [4.78, 5) is 27.2. The number of aromatic amines is 1. The Hall–Kier alpha value is -3.26. The number of ether oxygens (including phenoxy) is 1. The van der Waals surface area contributed by atoms with Crippen LogP contribution in [-0.4, -0.2) is 56.8 Å². The molecule has 0 atom stereocenters. The number of hydrogen-bond donors (Lipinski definition) is 1.